The lowest BCUT2D eigenvalue weighted by Gasteiger charge is -2.43. The highest BCUT2D eigenvalue weighted by Gasteiger charge is 2.33. The molecule has 1 unspecified atom stereocenters. The van der Waals surface area contributed by atoms with E-state index >= 15 is 0 Å². The number of oxime groups is 1. The summed E-state index contributed by atoms with van der Waals surface area (Å²) < 4.78 is 34.6. The maximum Gasteiger partial charge on any atom is 0.126 e. The summed E-state index contributed by atoms with van der Waals surface area (Å²) in [5.41, 5.74) is 4.83. The van der Waals surface area contributed by atoms with Crippen LogP contribution in [-0.4, -0.2) is 59.8 Å². The molecule has 6 rings (SSSR count). The van der Waals surface area contributed by atoms with E-state index in [1.165, 1.54) is 18.3 Å². The van der Waals surface area contributed by atoms with Crippen molar-refractivity contribution < 1.29 is 18.7 Å². The highest BCUT2D eigenvalue weighted by atomic mass is 19.1. The van der Waals surface area contributed by atoms with Crippen LogP contribution < -0.4 is 10.2 Å². The van der Waals surface area contributed by atoms with Crippen LogP contribution in [0, 0.1) is 11.6 Å². The smallest absolute Gasteiger partial charge is 0.126 e. The third-order valence-electron chi connectivity index (χ3n) is 7.06. The van der Waals surface area contributed by atoms with Crippen molar-refractivity contribution in [3.63, 3.8) is 0 Å². The summed E-state index contributed by atoms with van der Waals surface area (Å²) in [6.45, 7) is 2.87. The molecule has 2 aromatic heterocycles. The van der Waals surface area contributed by atoms with Crippen LogP contribution in [0.5, 0.6) is 0 Å². The standard InChI is InChI=1S/C28H25F2N5O2/c29-19-10-18(11-20(30)13-19)23-14-33-24-4-3-17(21-2-1-6-31-26(21)15-34-36)12-22(24)28(23)35-8-5-25-27(16-35)37-9-7-32-25/h1-4,6,10-15,25,27,32,36H,5,7-9,16H2/b34-15-/t25?,27-/m1/s1. The predicted octanol–water partition coefficient (Wildman–Crippen LogP) is 4.62. The van der Waals surface area contributed by atoms with Gasteiger partial charge >= 0.3 is 0 Å². The number of hydrogen-bond donors (Lipinski definition) is 2. The molecule has 9 heteroatoms. The van der Waals surface area contributed by atoms with Crippen molar-refractivity contribution in [3.05, 3.63) is 78.3 Å². The van der Waals surface area contributed by atoms with Crippen molar-refractivity contribution >= 4 is 22.8 Å². The van der Waals surface area contributed by atoms with E-state index in [2.05, 4.69) is 25.3 Å². The third kappa shape index (κ3) is 4.52. The zero-order chi connectivity index (χ0) is 25.4. The van der Waals surface area contributed by atoms with E-state index in [4.69, 9.17) is 9.94 Å². The maximum absolute atomic E-state index is 14.3. The topological polar surface area (TPSA) is 82.9 Å². The maximum atomic E-state index is 14.3. The molecule has 2 aromatic carbocycles. The molecule has 4 heterocycles. The van der Waals surface area contributed by atoms with Crippen LogP contribution in [-0.2, 0) is 4.74 Å². The number of nitrogens with zero attached hydrogens (tertiary/aromatic N) is 4. The summed E-state index contributed by atoms with van der Waals surface area (Å²) >= 11 is 0. The largest absolute Gasteiger partial charge is 0.411 e. The summed E-state index contributed by atoms with van der Waals surface area (Å²) in [5.74, 6) is -1.28. The number of hydrogen-bond acceptors (Lipinski definition) is 7. The molecule has 2 fully saturated rings. The van der Waals surface area contributed by atoms with Crippen LogP contribution >= 0.6 is 0 Å². The molecule has 2 aliphatic heterocycles. The van der Waals surface area contributed by atoms with Gasteiger partial charge in [-0.05, 0) is 47.9 Å². The molecule has 37 heavy (non-hydrogen) atoms. The number of ether oxygens (including phenoxy) is 1. The molecular weight excluding hydrogens is 476 g/mol. The molecule has 0 bridgehead atoms. The lowest BCUT2D eigenvalue weighted by molar-refractivity contribution is -0.00896. The van der Waals surface area contributed by atoms with Gasteiger partial charge in [0, 0.05) is 60.6 Å². The molecule has 7 nitrogen and oxygen atoms in total. The number of piperidine rings is 1. The Morgan fingerprint density at radius 3 is 2.76 bits per heavy atom. The highest BCUT2D eigenvalue weighted by Crippen LogP contribution is 2.40. The zero-order valence-corrected chi connectivity index (χ0v) is 19.9. The fourth-order valence-corrected chi connectivity index (χ4v) is 5.40. The number of rotatable bonds is 4. The second kappa shape index (κ2) is 9.84. The van der Waals surface area contributed by atoms with Gasteiger partial charge < -0.3 is 20.2 Å². The van der Waals surface area contributed by atoms with Gasteiger partial charge in [0.05, 0.1) is 35.8 Å². The average molecular weight is 502 g/mol. The number of anilines is 1. The summed E-state index contributed by atoms with van der Waals surface area (Å²) in [6.07, 6.45) is 5.50. The summed E-state index contributed by atoms with van der Waals surface area (Å²) in [5, 5.41) is 16.7. The SMILES string of the molecule is O/N=C\c1ncccc1-c1ccc2ncc(-c3cc(F)cc(F)c3)c(N3CCC4NCCO[C@@H]4C3)c2c1. The molecular formula is C28H25F2N5O2. The lowest BCUT2D eigenvalue weighted by atomic mass is 9.94. The molecule has 2 saturated heterocycles. The quantitative estimate of drug-likeness (QED) is 0.241. The monoisotopic (exact) mass is 501 g/mol. The second-order valence-corrected chi connectivity index (χ2v) is 9.30. The van der Waals surface area contributed by atoms with Crippen molar-refractivity contribution in [1.82, 2.24) is 15.3 Å². The number of benzene rings is 2. The molecule has 188 valence electrons. The fraction of sp³-hybridized carbons (Fsp3) is 0.250. The third-order valence-corrected chi connectivity index (χ3v) is 7.06. The van der Waals surface area contributed by atoms with E-state index in [9.17, 15) is 8.78 Å². The minimum Gasteiger partial charge on any atom is -0.411 e. The zero-order valence-electron chi connectivity index (χ0n) is 19.9. The summed E-state index contributed by atoms with van der Waals surface area (Å²) in [7, 11) is 0. The molecule has 0 radical (unpaired) electrons. The number of morpholine rings is 1. The molecule has 0 spiro atoms. The minimum absolute atomic E-state index is 0.0108. The van der Waals surface area contributed by atoms with E-state index in [1.54, 1.807) is 12.4 Å². The summed E-state index contributed by atoms with van der Waals surface area (Å²) in [4.78, 5) is 11.2. The van der Waals surface area contributed by atoms with E-state index in [1.807, 2.05) is 30.3 Å². The molecule has 2 aliphatic rings. The Hall–Kier alpha value is -3.95. The van der Waals surface area contributed by atoms with Gasteiger partial charge in [-0.25, -0.2) is 8.78 Å². The fourth-order valence-electron chi connectivity index (χ4n) is 5.40. The number of aromatic nitrogens is 2. The van der Waals surface area contributed by atoms with Crippen LogP contribution in [0.25, 0.3) is 33.2 Å². The first-order valence-corrected chi connectivity index (χ1v) is 12.2. The van der Waals surface area contributed by atoms with Gasteiger partial charge in [0.2, 0.25) is 0 Å². The Balaban J connectivity index is 1.55. The van der Waals surface area contributed by atoms with Gasteiger partial charge in [-0.1, -0.05) is 17.3 Å². The van der Waals surface area contributed by atoms with Gasteiger partial charge in [0.25, 0.3) is 0 Å². The minimum atomic E-state index is -0.642. The van der Waals surface area contributed by atoms with Crippen molar-refractivity contribution in [1.29, 1.82) is 0 Å². The second-order valence-electron chi connectivity index (χ2n) is 9.30. The molecule has 0 saturated carbocycles. The van der Waals surface area contributed by atoms with Gasteiger partial charge in [0.1, 0.15) is 11.6 Å². The van der Waals surface area contributed by atoms with E-state index in [-0.39, 0.29) is 12.1 Å². The van der Waals surface area contributed by atoms with Gasteiger partial charge in [0.15, 0.2) is 0 Å². The molecule has 2 N–H and O–H groups in total. The number of nitrogens with one attached hydrogen (secondary N) is 1. The Morgan fingerprint density at radius 1 is 1.05 bits per heavy atom. The van der Waals surface area contributed by atoms with E-state index in [0.29, 0.717) is 30.0 Å². The Kier molecular flexibility index (Phi) is 6.23. The molecule has 0 amide bonds. The van der Waals surface area contributed by atoms with E-state index < -0.39 is 11.6 Å². The van der Waals surface area contributed by atoms with Gasteiger partial charge in [-0.2, -0.15) is 0 Å². The number of pyridine rings is 2. The van der Waals surface area contributed by atoms with Crippen LogP contribution in [0.15, 0.2) is 66.1 Å². The van der Waals surface area contributed by atoms with Crippen LogP contribution in [0.3, 0.4) is 0 Å². The van der Waals surface area contributed by atoms with Crippen LogP contribution in [0.2, 0.25) is 0 Å². The van der Waals surface area contributed by atoms with Gasteiger partial charge in [-0.15, -0.1) is 0 Å². The molecule has 2 atom stereocenters. The first-order chi connectivity index (χ1) is 18.1. The Morgan fingerprint density at radius 2 is 1.92 bits per heavy atom. The number of halogens is 2. The first-order valence-electron chi connectivity index (χ1n) is 12.2. The molecule has 0 aliphatic carbocycles. The highest BCUT2D eigenvalue weighted by molar-refractivity contribution is 6.02. The van der Waals surface area contributed by atoms with Crippen molar-refractivity contribution in [2.75, 3.05) is 31.1 Å². The Bertz CT molecular complexity index is 1470. The summed E-state index contributed by atoms with van der Waals surface area (Å²) in [6, 6.07) is 13.4. The van der Waals surface area contributed by atoms with Crippen LogP contribution in [0.1, 0.15) is 12.1 Å². The Labute approximate surface area is 212 Å². The van der Waals surface area contributed by atoms with E-state index in [0.717, 1.165) is 53.3 Å². The van der Waals surface area contributed by atoms with Gasteiger partial charge in [-0.3, -0.25) is 9.97 Å². The lowest BCUT2D eigenvalue weighted by Crippen LogP contribution is -2.57. The average Bonchev–Trinajstić information content (AvgIpc) is 2.92. The van der Waals surface area contributed by atoms with Crippen LogP contribution in [0.4, 0.5) is 14.5 Å². The van der Waals surface area contributed by atoms with Crippen molar-refractivity contribution in [2.24, 2.45) is 5.16 Å². The first kappa shape index (κ1) is 23.4. The van der Waals surface area contributed by atoms with Crippen molar-refractivity contribution in [3.8, 4) is 22.3 Å². The molecule has 4 aromatic rings. The predicted molar refractivity (Wildman–Crippen MR) is 138 cm³/mol. The normalized spacial score (nSPS) is 19.9. The van der Waals surface area contributed by atoms with Crippen molar-refractivity contribution in [2.45, 2.75) is 18.6 Å². The number of fused-ring (bicyclic) bond motifs is 2.